The summed E-state index contributed by atoms with van der Waals surface area (Å²) in [5, 5.41) is 11.9. The lowest BCUT2D eigenvalue weighted by molar-refractivity contribution is -0.136. The summed E-state index contributed by atoms with van der Waals surface area (Å²) in [6, 6.07) is 26.6. The molecule has 0 saturated carbocycles. The van der Waals surface area contributed by atoms with E-state index in [9.17, 15) is 14.7 Å². The van der Waals surface area contributed by atoms with Crippen molar-refractivity contribution in [3.63, 3.8) is 0 Å². The molecule has 4 nitrogen and oxygen atoms in total. The van der Waals surface area contributed by atoms with Gasteiger partial charge in [-0.05, 0) is 29.8 Å². The normalized spacial score (nSPS) is 12.7. The Morgan fingerprint density at radius 1 is 0.778 bits per heavy atom. The smallest absolute Gasteiger partial charge is 0.319 e. The zero-order chi connectivity index (χ0) is 19.1. The van der Waals surface area contributed by atoms with E-state index in [0.29, 0.717) is 5.56 Å². The van der Waals surface area contributed by atoms with Crippen molar-refractivity contribution in [2.75, 3.05) is 0 Å². The monoisotopic (exact) mass is 377 g/mol. The van der Waals surface area contributed by atoms with Gasteiger partial charge in [-0.15, -0.1) is 11.8 Å². The van der Waals surface area contributed by atoms with E-state index in [1.165, 1.54) is 11.8 Å². The largest absolute Gasteiger partial charge is 0.480 e. The van der Waals surface area contributed by atoms with Gasteiger partial charge in [0.2, 0.25) is 0 Å². The minimum Gasteiger partial charge on any atom is -0.480 e. The maximum absolute atomic E-state index is 12.7. The summed E-state index contributed by atoms with van der Waals surface area (Å²) in [5.41, 5.74) is 1.24. The molecule has 1 amide bonds. The average molecular weight is 377 g/mol. The van der Waals surface area contributed by atoms with Crippen molar-refractivity contribution in [3.8, 4) is 0 Å². The summed E-state index contributed by atoms with van der Waals surface area (Å²) in [4.78, 5) is 25.6. The number of carboxylic acids is 1. The maximum atomic E-state index is 12.7. The predicted octanol–water partition coefficient (Wildman–Crippen LogP) is 4.40. The van der Waals surface area contributed by atoms with E-state index in [4.69, 9.17) is 0 Å². The average Bonchev–Trinajstić information content (AvgIpc) is 2.72. The lowest BCUT2D eigenvalue weighted by atomic mass is 10.0. The Kier molecular flexibility index (Phi) is 6.28. The molecule has 0 aliphatic carbocycles. The molecular weight excluding hydrogens is 358 g/mol. The number of rotatable bonds is 7. The molecule has 2 atom stereocenters. The number of benzene rings is 3. The van der Waals surface area contributed by atoms with Gasteiger partial charge < -0.3 is 10.4 Å². The molecule has 3 aromatic rings. The van der Waals surface area contributed by atoms with Crippen molar-refractivity contribution in [1.29, 1.82) is 0 Å². The van der Waals surface area contributed by atoms with Gasteiger partial charge in [-0.1, -0.05) is 66.7 Å². The van der Waals surface area contributed by atoms with Crippen molar-refractivity contribution in [2.45, 2.75) is 16.2 Å². The first-order chi connectivity index (χ1) is 13.1. The van der Waals surface area contributed by atoms with Crippen LogP contribution in [0.25, 0.3) is 0 Å². The van der Waals surface area contributed by atoms with Crippen LogP contribution < -0.4 is 5.32 Å². The third-order valence-corrected chi connectivity index (χ3v) is 5.31. The van der Waals surface area contributed by atoms with Gasteiger partial charge in [0.25, 0.3) is 5.91 Å². The molecule has 0 unspecified atom stereocenters. The Labute approximate surface area is 162 Å². The van der Waals surface area contributed by atoms with Crippen LogP contribution in [-0.4, -0.2) is 22.2 Å². The van der Waals surface area contributed by atoms with Crippen LogP contribution >= 0.6 is 11.8 Å². The summed E-state index contributed by atoms with van der Waals surface area (Å²) in [7, 11) is 0. The molecule has 0 bridgehead atoms. The number of amides is 1. The number of aliphatic carboxylic acids is 1. The van der Waals surface area contributed by atoms with Crippen molar-refractivity contribution >= 4 is 23.6 Å². The highest BCUT2D eigenvalue weighted by atomic mass is 32.2. The van der Waals surface area contributed by atoms with Crippen molar-refractivity contribution in [2.24, 2.45) is 0 Å². The van der Waals surface area contributed by atoms with Gasteiger partial charge in [-0.3, -0.25) is 9.59 Å². The Balaban J connectivity index is 1.92. The number of hydrogen-bond donors (Lipinski definition) is 2. The van der Waals surface area contributed by atoms with Crippen LogP contribution in [0, 0.1) is 0 Å². The molecule has 3 rings (SSSR count). The standard InChI is InChI=1S/C22H19NO3S/c24-21(17-12-6-2-7-13-17)23-19(16-10-4-1-5-11-16)20(22(25)26)27-18-14-8-3-9-15-18/h1-15,19-20H,(H,23,24)(H,25,26)/t19-,20-/m0/s1. The molecule has 5 heteroatoms. The van der Waals surface area contributed by atoms with Crippen LogP contribution in [0.1, 0.15) is 22.0 Å². The van der Waals surface area contributed by atoms with E-state index in [1.807, 2.05) is 66.7 Å². The molecule has 27 heavy (non-hydrogen) atoms. The van der Waals surface area contributed by atoms with Crippen LogP contribution in [0.2, 0.25) is 0 Å². The first-order valence-corrected chi connectivity index (χ1v) is 9.38. The van der Waals surface area contributed by atoms with Gasteiger partial charge in [-0.25, -0.2) is 0 Å². The fraction of sp³-hybridized carbons (Fsp3) is 0.0909. The Hall–Kier alpha value is -3.05. The minimum absolute atomic E-state index is 0.302. The van der Waals surface area contributed by atoms with Gasteiger partial charge in [0.05, 0.1) is 6.04 Å². The molecular formula is C22H19NO3S. The molecule has 0 aliphatic heterocycles. The molecule has 0 aromatic heterocycles. The van der Waals surface area contributed by atoms with Gasteiger partial charge in [-0.2, -0.15) is 0 Å². The topological polar surface area (TPSA) is 66.4 Å². The number of carboxylic acid groups (broad SMARTS) is 1. The summed E-state index contributed by atoms with van der Waals surface area (Å²) < 4.78 is 0. The third-order valence-electron chi connectivity index (χ3n) is 4.03. The van der Waals surface area contributed by atoms with Gasteiger partial charge in [0.15, 0.2) is 0 Å². The van der Waals surface area contributed by atoms with E-state index in [1.54, 1.807) is 24.3 Å². The fourth-order valence-corrected chi connectivity index (χ4v) is 3.78. The molecule has 0 radical (unpaired) electrons. The van der Waals surface area contributed by atoms with Gasteiger partial charge in [0, 0.05) is 10.5 Å². The van der Waals surface area contributed by atoms with Crippen LogP contribution in [-0.2, 0) is 4.79 Å². The van der Waals surface area contributed by atoms with Crippen molar-refractivity contribution < 1.29 is 14.7 Å². The van der Waals surface area contributed by atoms with Crippen LogP contribution in [0.15, 0.2) is 95.9 Å². The minimum atomic E-state index is -0.980. The van der Waals surface area contributed by atoms with Gasteiger partial charge in [0.1, 0.15) is 5.25 Å². The number of thioether (sulfide) groups is 1. The van der Waals surface area contributed by atoms with Crippen molar-refractivity contribution in [1.82, 2.24) is 5.32 Å². The molecule has 0 heterocycles. The second kappa shape index (κ2) is 9.05. The molecule has 2 N–H and O–H groups in total. The van der Waals surface area contributed by atoms with Crippen molar-refractivity contribution in [3.05, 3.63) is 102 Å². The van der Waals surface area contributed by atoms with Crippen LogP contribution in [0.4, 0.5) is 0 Å². The molecule has 0 aliphatic rings. The van der Waals surface area contributed by atoms with E-state index in [2.05, 4.69) is 5.32 Å². The third kappa shape index (κ3) is 4.99. The first-order valence-electron chi connectivity index (χ1n) is 8.50. The molecule has 136 valence electrons. The maximum Gasteiger partial charge on any atom is 0.319 e. The van der Waals surface area contributed by atoms with Gasteiger partial charge >= 0.3 is 5.97 Å². The summed E-state index contributed by atoms with van der Waals surface area (Å²) in [6.45, 7) is 0. The van der Waals surface area contributed by atoms with E-state index < -0.39 is 17.3 Å². The zero-order valence-electron chi connectivity index (χ0n) is 14.5. The first kappa shape index (κ1) is 18.7. The van der Waals surface area contributed by atoms with E-state index in [0.717, 1.165) is 10.5 Å². The number of nitrogens with one attached hydrogen (secondary N) is 1. The zero-order valence-corrected chi connectivity index (χ0v) is 15.3. The van der Waals surface area contributed by atoms with Crippen LogP contribution in [0.3, 0.4) is 0 Å². The molecule has 0 fully saturated rings. The predicted molar refractivity (Wildman–Crippen MR) is 107 cm³/mol. The SMILES string of the molecule is O=C(N[C@@H](c1ccccc1)[C@H](Sc1ccccc1)C(=O)O)c1ccccc1. The van der Waals surface area contributed by atoms with E-state index >= 15 is 0 Å². The number of carbonyl (C=O) groups excluding carboxylic acids is 1. The highest BCUT2D eigenvalue weighted by molar-refractivity contribution is 8.00. The fourth-order valence-electron chi connectivity index (χ4n) is 2.71. The summed E-state index contributed by atoms with van der Waals surface area (Å²) in [5.74, 6) is -1.28. The van der Waals surface area contributed by atoms with E-state index in [-0.39, 0.29) is 5.91 Å². The highest BCUT2D eigenvalue weighted by Crippen LogP contribution is 2.32. The summed E-state index contributed by atoms with van der Waals surface area (Å²) in [6.07, 6.45) is 0. The number of hydrogen-bond acceptors (Lipinski definition) is 3. The Bertz CT molecular complexity index is 885. The highest BCUT2D eigenvalue weighted by Gasteiger charge is 2.32. The molecule has 3 aromatic carbocycles. The Morgan fingerprint density at radius 2 is 1.30 bits per heavy atom. The lowest BCUT2D eigenvalue weighted by Gasteiger charge is -2.25. The Morgan fingerprint density at radius 3 is 1.85 bits per heavy atom. The second-order valence-electron chi connectivity index (χ2n) is 5.92. The lowest BCUT2D eigenvalue weighted by Crippen LogP contribution is -2.38. The second-order valence-corrected chi connectivity index (χ2v) is 7.13. The van der Waals surface area contributed by atoms with Crippen LogP contribution in [0.5, 0.6) is 0 Å². The quantitative estimate of drug-likeness (QED) is 0.599. The molecule has 0 saturated heterocycles. The summed E-state index contributed by atoms with van der Waals surface area (Å²) >= 11 is 1.22. The number of carbonyl (C=O) groups is 2. The molecule has 0 spiro atoms.